The van der Waals surface area contributed by atoms with Crippen molar-refractivity contribution in [2.24, 2.45) is 16.0 Å². The average molecular weight is 241 g/mol. The first-order chi connectivity index (χ1) is 7.06. The van der Waals surface area contributed by atoms with E-state index in [2.05, 4.69) is 53.3 Å². The Morgan fingerprint density at radius 3 is 2.00 bits per heavy atom. The Kier molecular flexibility index (Phi) is 4.69. The molecule has 0 saturated carbocycles. The maximum atomic E-state index is 11.3. The van der Waals surface area contributed by atoms with Gasteiger partial charge in [-0.3, -0.25) is 0 Å². The van der Waals surface area contributed by atoms with Crippen molar-refractivity contribution in [2.75, 3.05) is 0 Å². The Morgan fingerprint density at radius 2 is 1.75 bits per heavy atom. The molecule has 0 radical (unpaired) electrons. The number of hydrogen-bond acceptors (Lipinski definition) is 2. The second-order valence-electron chi connectivity index (χ2n) is 6.50. The van der Waals surface area contributed by atoms with Crippen LogP contribution in [0.5, 0.6) is 0 Å². The second-order valence-corrected chi connectivity index (χ2v) is 8.57. The first kappa shape index (κ1) is 15.6. The topological polar surface area (TPSA) is 29.4 Å². The summed E-state index contributed by atoms with van der Waals surface area (Å²) in [5.74, 6) is 0. The summed E-state index contributed by atoms with van der Waals surface area (Å²) in [5, 5.41) is 3.47. The highest BCUT2D eigenvalue weighted by atomic mass is 28.1. The average Bonchev–Trinajstić information content (AvgIpc) is 2.17. The quantitative estimate of drug-likeness (QED) is 0.398. The van der Waals surface area contributed by atoms with Crippen LogP contribution in [0.1, 0.15) is 48.0 Å². The van der Waals surface area contributed by atoms with Gasteiger partial charge in [0.2, 0.25) is 0 Å². The minimum absolute atomic E-state index is 0.0258. The summed E-state index contributed by atoms with van der Waals surface area (Å²) in [6.45, 7) is 16.7. The fourth-order valence-corrected chi connectivity index (χ4v) is 2.33. The molecule has 2 atom stereocenters. The number of allylic oxidation sites excluding steroid dienone is 1. The van der Waals surface area contributed by atoms with E-state index in [0.29, 0.717) is 0 Å². The van der Waals surface area contributed by atoms with Crippen molar-refractivity contribution in [2.45, 2.75) is 59.0 Å². The smallest absolute Gasteiger partial charge is 0.103 e. The molecule has 0 fully saturated rings. The van der Waals surface area contributed by atoms with Crippen LogP contribution in [0.2, 0.25) is 5.04 Å². The third-order valence-electron chi connectivity index (χ3n) is 4.61. The molecule has 0 spiro atoms. The molecule has 2 unspecified atom stereocenters. The molecule has 2 nitrogen and oxygen atoms in total. The number of nitroso groups, excluding NO2 is 1. The van der Waals surface area contributed by atoms with Crippen molar-refractivity contribution in [3.63, 3.8) is 0 Å². The molecule has 0 aliphatic heterocycles. The summed E-state index contributed by atoms with van der Waals surface area (Å²) in [7, 11) is 0.979. The summed E-state index contributed by atoms with van der Waals surface area (Å²) in [6.07, 6.45) is 2.95. The van der Waals surface area contributed by atoms with E-state index in [1.54, 1.807) is 0 Å². The van der Waals surface area contributed by atoms with Crippen molar-refractivity contribution in [3.8, 4) is 0 Å². The molecule has 0 aliphatic rings. The number of rotatable bonds is 6. The molecule has 3 heteroatoms. The largest absolute Gasteiger partial charge is 0.150 e. The van der Waals surface area contributed by atoms with E-state index in [1.807, 2.05) is 6.08 Å². The highest BCUT2D eigenvalue weighted by Gasteiger charge is 2.48. The van der Waals surface area contributed by atoms with E-state index in [-0.39, 0.29) is 21.9 Å². The summed E-state index contributed by atoms with van der Waals surface area (Å²) in [5.41, 5.74) is -0.192. The van der Waals surface area contributed by atoms with E-state index in [9.17, 15) is 4.91 Å². The Hall–Kier alpha value is -0.443. The lowest BCUT2D eigenvalue weighted by Crippen LogP contribution is -2.45. The van der Waals surface area contributed by atoms with E-state index in [0.717, 1.165) is 16.7 Å². The van der Waals surface area contributed by atoms with Crippen LogP contribution in [-0.2, 0) is 0 Å². The SMILES string of the molecule is C=CC(C)([SiH3])C(C)(C)C(N=O)C(C)(C)CC. The zero-order chi connectivity index (χ0) is 13.2. The standard InChI is InChI=1S/C13H27NOSi/c1-8-11(3,4)10(14-15)12(5,6)13(7,16)9-2/h9-10H,2,8H2,1,3-7,16H3. The van der Waals surface area contributed by atoms with Crippen LogP contribution in [0.3, 0.4) is 0 Å². The van der Waals surface area contributed by atoms with Gasteiger partial charge < -0.3 is 0 Å². The van der Waals surface area contributed by atoms with Crippen LogP contribution in [0.25, 0.3) is 0 Å². The van der Waals surface area contributed by atoms with Gasteiger partial charge in [-0.1, -0.05) is 52.8 Å². The van der Waals surface area contributed by atoms with Crippen molar-refractivity contribution in [1.82, 2.24) is 0 Å². The van der Waals surface area contributed by atoms with Gasteiger partial charge in [-0.05, 0) is 22.3 Å². The van der Waals surface area contributed by atoms with E-state index in [4.69, 9.17) is 0 Å². The maximum absolute atomic E-state index is 11.3. The van der Waals surface area contributed by atoms with Gasteiger partial charge in [0, 0.05) is 10.2 Å². The van der Waals surface area contributed by atoms with Crippen LogP contribution in [0, 0.1) is 15.7 Å². The molecule has 0 heterocycles. The Morgan fingerprint density at radius 1 is 1.31 bits per heavy atom. The molecule has 0 bridgehead atoms. The van der Waals surface area contributed by atoms with Gasteiger partial charge in [-0.15, -0.1) is 6.58 Å². The predicted octanol–water partition coefficient (Wildman–Crippen LogP) is 3.31. The first-order valence-corrected chi connectivity index (χ1v) is 7.03. The van der Waals surface area contributed by atoms with Crippen LogP contribution in [0.15, 0.2) is 17.8 Å². The van der Waals surface area contributed by atoms with E-state index >= 15 is 0 Å². The van der Waals surface area contributed by atoms with Crippen LogP contribution >= 0.6 is 0 Å². The lowest BCUT2D eigenvalue weighted by molar-refractivity contribution is 0.115. The third kappa shape index (κ3) is 2.62. The third-order valence-corrected chi connectivity index (χ3v) is 6.31. The van der Waals surface area contributed by atoms with Crippen molar-refractivity contribution < 1.29 is 0 Å². The lowest BCUT2D eigenvalue weighted by atomic mass is 9.63. The van der Waals surface area contributed by atoms with Crippen molar-refractivity contribution >= 4 is 10.2 Å². The van der Waals surface area contributed by atoms with Gasteiger partial charge in [0.05, 0.1) is 0 Å². The predicted molar refractivity (Wildman–Crippen MR) is 75.9 cm³/mol. The minimum atomic E-state index is -0.175. The first-order valence-electron chi connectivity index (χ1n) is 6.03. The van der Waals surface area contributed by atoms with Gasteiger partial charge in [0.1, 0.15) is 6.04 Å². The maximum Gasteiger partial charge on any atom is 0.103 e. The minimum Gasteiger partial charge on any atom is -0.150 e. The number of nitrogens with zero attached hydrogens (tertiary/aromatic N) is 1. The van der Waals surface area contributed by atoms with E-state index < -0.39 is 0 Å². The van der Waals surface area contributed by atoms with Gasteiger partial charge in [0.25, 0.3) is 0 Å². The fourth-order valence-electron chi connectivity index (χ4n) is 2.06. The molecule has 0 aromatic heterocycles. The molecule has 0 amide bonds. The molecule has 0 N–H and O–H groups in total. The molecule has 0 aromatic rings. The normalized spacial score (nSPS) is 18.9. The van der Waals surface area contributed by atoms with Gasteiger partial charge in [0.15, 0.2) is 0 Å². The monoisotopic (exact) mass is 241 g/mol. The van der Waals surface area contributed by atoms with Gasteiger partial charge >= 0.3 is 0 Å². The lowest BCUT2D eigenvalue weighted by Gasteiger charge is -2.48. The number of hydrogen-bond donors (Lipinski definition) is 0. The summed E-state index contributed by atoms with van der Waals surface area (Å²) in [4.78, 5) is 11.3. The zero-order valence-corrected chi connectivity index (χ0v) is 13.9. The molecular weight excluding hydrogens is 214 g/mol. The summed E-state index contributed by atoms with van der Waals surface area (Å²) >= 11 is 0. The Labute approximate surface area is 103 Å². The molecule has 94 valence electrons. The second kappa shape index (κ2) is 4.82. The van der Waals surface area contributed by atoms with Crippen molar-refractivity contribution in [3.05, 3.63) is 17.6 Å². The van der Waals surface area contributed by atoms with Crippen molar-refractivity contribution in [1.29, 1.82) is 0 Å². The highest BCUT2D eigenvalue weighted by molar-refractivity contribution is 6.17. The zero-order valence-electron chi connectivity index (χ0n) is 11.9. The molecule has 0 saturated heterocycles. The molecule has 0 rings (SSSR count). The summed E-state index contributed by atoms with van der Waals surface area (Å²) < 4.78 is 0. The van der Waals surface area contributed by atoms with E-state index in [1.165, 1.54) is 0 Å². The Bertz CT molecular complexity index is 269. The van der Waals surface area contributed by atoms with Crippen LogP contribution in [0.4, 0.5) is 0 Å². The molecule has 0 aliphatic carbocycles. The fraction of sp³-hybridized carbons (Fsp3) is 0.846. The van der Waals surface area contributed by atoms with Crippen LogP contribution < -0.4 is 0 Å². The Balaban J connectivity index is 5.41. The molecule has 16 heavy (non-hydrogen) atoms. The van der Waals surface area contributed by atoms with Gasteiger partial charge in [-0.2, -0.15) is 4.91 Å². The molecule has 0 aromatic carbocycles. The van der Waals surface area contributed by atoms with Crippen LogP contribution in [-0.4, -0.2) is 16.3 Å². The van der Waals surface area contributed by atoms with Gasteiger partial charge in [-0.25, -0.2) is 0 Å². The highest BCUT2D eigenvalue weighted by Crippen LogP contribution is 2.52. The summed E-state index contributed by atoms with van der Waals surface area (Å²) in [6, 6.07) is -0.175. The molecular formula is C13H27NOSi.